The highest BCUT2D eigenvalue weighted by molar-refractivity contribution is 7.46. The van der Waals surface area contributed by atoms with Gasteiger partial charge in [0.2, 0.25) is 0 Å². The van der Waals surface area contributed by atoms with Crippen molar-refractivity contribution in [2.24, 2.45) is 0 Å². The zero-order valence-corrected chi connectivity index (χ0v) is 30.4. The van der Waals surface area contributed by atoms with Crippen LogP contribution in [0.3, 0.4) is 0 Å². The number of rotatable bonds is 34. The predicted octanol–water partition coefficient (Wildman–Crippen LogP) is 10.8. The molecule has 0 saturated heterocycles. The minimum absolute atomic E-state index is 0.200. The van der Waals surface area contributed by atoms with Crippen LogP contribution >= 0.6 is 7.82 Å². The van der Waals surface area contributed by atoms with Gasteiger partial charge in [-0.2, -0.15) is 0 Å². The average molecular weight is 673 g/mol. The maximum Gasteiger partial charge on any atom is 0.469 e. The van der Waals surface area contributed by atoms with Crippen molar-refractivity contribution in [1.82, 2.24) is 0 Å². The minimum atomic E-state index is -4.75. The van der Waals surface area contributed by atoms with Crippen LogP contribution < -0.4 is 0 Å². The second-order valence-corrected chi connectivity index (χ2v) is 13.8. The molecule has 0 heterocycles. The molecule has 0 aromatic heterocycles. The number of carbonyl (C=O) groups is 2. The number of hydrogen-bond acceptors (Lipinski definition) is 6. The van der Waals surface area contributed by atoms with E-state index in [-0.39, 0.29) is 19.4 Å². The highest BCUT2D eigenvalue weighted by Gasteiger charge is 2.22. The average Bonchev–Trinajstić information content (AvgIpc) is 3.02. The van der Waals surface area contributed by atoms with E-state index in [0.717, 1.165) is 57.8 Å². The second-order valence-electron chi connectivity index (χ2n) is 12.5. The molecule has 0 fully saturated rings. The van der Waals surface area contributed by atoms with Gasteiger partial charge >= 0.3 is 19.8 Å². The summed E-state index contributed by atoms with van der Waals surface area (Å²) in [6.45, 7) is 3.64. The first-order valence-corrected chi connectivity index (χ1v) is 20.2. The molecule has 0 aliphatic heterocycles. The molecule has 0 aromatic carbocycles. The maximum absolute atomic E-state index is 12.3. The third kappa shape index (κ3) is 35.4. The Hall–Kier alpha value is -1.47. The van der Waals surface area contributed by atoms with Gasteiger partial charge in [-0.15, -0.1) is 0 Å². The van der Waals surface area contributed by atoms with Crippen LogP contribution in [-0.2, 0) is 28.2 Å². The van der Waals surface area contributed by atoms with Crippen LogP contribution in [0.4, 0.5) is 0 Å². The summed E-state index contributed by atoms with van der Waals surface area (Å²) in [5.41, 5.74) is 0. The first-order chi connectivity index (χ1) is 22.3. The Morgan fingerprint density at radius 1 is 0.543 bits per heavy atom. The zero-order chi connectivity index (χ0) is 34.0. The molecular formula is C37H69O8P. The third-order valence-corrected chi connectivity index (χ3v) is 8.43. The number of phosphoric acid groups is 1. The van der Waals surface area contributed by atoms with Gasteiger partial charge in [0.15, 0.2) is 6.10 Å². The second kappa shape index (κ2) is 33.4. The molecule has 0 saturated carbocycles. The van der Waals surface area contributed by atoms with Crippen LogP contribution in [0.1, 0.15) is 181 Å². The molecule has 0 aliphatic rings. The molecule has 270 valence electrons. The van der Waals surface area contributed by atoms with Crippen molar-refractivity contribution in [3.8, 4) is 0 Å². The van der Waals surface area contributed by atoms with E-state index in [1.165, 1.54) is 83.5 Å². The fraction of sp³-hybridized carbons (Fsp3) is 0.838. The van der Waals surface area contributed by atoms with Crippen LogP contribution in [0.5, 0.6) is 0 Å². The third-order valence-electron chi connectivity index (χ3n) is 7.94. The quantitative estimate of drug-likeness (QED) is 0.0300. The normalized spacial score (nSPS) is 12.7. The first kappa shape index (κ1) is 44.5. The summed E-state index contributed by atoms with van der Waals surface area (Å²) in [4.78, 5) is 42.6. The summed E-state index contributed by atoms with van der Waals surface area (Å²) in [5.74, 6) is -0.911. The van der Waals surface area contributed by atoms with Gasteiger partial charge in [-0.25, -0.2) is 4.57 Å². The Kier molecular flexibility index (Phi) is 32.4. The summed E-state index contributed by atoms with van der Waals surface area (Å²) in [5, 5.41) is 0. The molecule has 0 bridgehead atoms. The van der Waals surface area contributed by atoms with Gasteiger partial charge in [-0.3, -0.25) is 14.1 Å². The Morgan fingerprint density at radius 2 is 0.913 bits per heavy atom. The van der Waals surface area contributed by atoms with Crippen LogP contribution in [0, 0.1) is 0 Å². The Bertz CT molecular complexity index is 807. The molecule has 0 unspecified atom stereocenters. The van der Waals surface area contributed by atoms with Crippen molar-refractivity contribution < 1.29 is 37.9 Å². The van der Waals surface area contributed by atoms with Gasteiger partial charge in [0.05, 0.1) is 6.61 Å². The summed E-state index contributed by atoms with van der Waals surface area (Å²) in [7, 11) is -4.75. The molecule has 8 nitrogen and oxygen atoms in total. The van der Waals surface area contributed by atoms with Crippen molar-refractivity contribution in [3.63, 3.8) is 0 Å². The van der Waals surface area contributed by atoms with E-state index in [9.17, 15) is 14.2 Å². The number of phosphoric ester groups is 1. The van der Waals surface area contributed by atoms with Crippen LogP contribution in [0.2, 0.25) is 0 Å². The number of hydrogen-bond donors (Lipinski definition) is 2. The standard InChI is InChI=1S/C37H69O8P/c1-3-5-7-9-11-13-15-17-18-20-22-24-26-28-30-32-37(39)45-35(34-44-46(40,41)42)33-43-36(38)31-29-27-25-23-21-19-16-14-12-10-8-6-4-2/h17-19,21,35H,3-16,20,22-34H2,1-2H3,(H2,40,41,42)/b18-17+,21-19+/t35-/m1/s1. The number of allylic oxidation sites excluding steroid dienone is 4. The smallest absolute Gasteiger partial charge is 0.462 e. The monoisotopic (exact) mass is 672 g/mol. The topological polar surface area (TPSA) is 119 Å². The highest BCUT2D eigenvalue weighted by atomic mass is 31.2. The largest absolute Gasteiger partial charge is 0.469 e. The van der Waals surface area contributed by atoms with Crippen LogP contribution in [-0.4, -0.2) is 41.0 Å². The molecule has 0 amide bonds. The molecule has 9 heteroatoms. The van der Waals surface area contributed by atoms with Crippen molar-refractivity contribution >= 4 is 19.8 Å². The maximum atomic E-state index is 12.3. The molecule has 2 N–H and O–H groups in total. The fourth-order valence-corrected chi connectivity index (χ4v) is 5.49. The number of esters is 2. The molecule has 0 spiro atoms. The lowest BCUT2D eigenvalue weighted by Crippen LogP contribution is -2.29. The number of unbranched alkanes of at least 4 members (excludes halogenated alkanes) is 20. The summed E-state index contributed by atoms with van der Waals surface area (Å²) < 4.78 is 26.3. The Labute approximate surface area is 281 Å². The molecule has 46 heavy (non-hydrogen) atoms. The number of ether oxygens (including phenoxy) is 2. The molecule has 0 rings (SSSR count). The summed E-state index contributed by atoms with van der Waals surface area (Å²) in [6.07, 6.45) is 36.1. The SMILES string of the molecule is CCCCCCCC/C=C/CCCCCCCC(=O)O[C@H](COC(=O)CCCCC/C=C/CCCCCCCC)COP(=O)(O)O. The molecule has 1 atom stereocenters. The molecule has 0 aromatic rings. The van der Waals surface area contributed by atoms with E-state index < -0.39 is 32.5 Å². The first-order valence-electron chi connectivity index (χ1n) is 18.6. The Morgan fingerprint density at radius 3 is 1.35 bits per heavy atom. The molecule has 0 aliphatic carbocycles. The Balaban J connectivity index is 4.00. The van der Waals surface area contributed by atoms with E-state index in [1.807, 2.05) is 0 Å². The van der Waals surface area contributed by atoms with Gasteiger partial charge < -0.3 is 19.3 Å². The van der Waals surface area contributed by atoms with Crippen LogP contribution in [0.15, 0.2) is 24.3 Å². The van der Waals surface area contributed by atoms with Gasteiger partial charge in [0.25, 0.3) is 0 Å². The van der Waals surface area contributed by atoms with Crippen LogP contribution in [0.25, 0.3) is 0 Å². The minimum Gasteiger partial charge on any atom is -0.462 e. The lowest BCUT2D eigenvalue weighted by molar-refractivity contribution is -0.161. The lowest BCUT2D eigenvalue weighted by atomic mass is 10.1. The van der Waals surface area contributed by atoms with Crippen molar-refractivity contribution in [2.75, 3.05) is 13.2 Å². The fourth-order valence-electron chi connectivity index (χ4n) is 5.13. The van der Waals surface area contributed by atoms with E-state index >= 15 is 0 Å². The van der Waals surface area contributed by atoms with Gasteiger partial charge in [0, 0.05) is 12.8 Å². The lowest BCUT2D eigenvalue weighted by Gasteiger charge is -2.18. The van der Waals surface area contributed by atoms with Gasteiger partial charge in [0.1, 0.15) is 6.61 Å². The zero-order valence-electron chi connectivity index (χ0n) is 29.5. The van der Waals surface area contributed by atoms with E-state index in [1.54, 1.807) is 0 Å². The van der Waals surface area contributed by atoms with E-state index in [4.69, 9.17) is 19.3 Å². The van der Waals surface area contributed by atoms with E-state index in [2.05, 4.69) is 42.7 Å². The van der Waals surface area contributed by atoms with Crippen molar-refractivity contribution in [1.29, 1.82) is 0 Å². The van der Waals surface area contributed by atoms with Crippen molar-refractivity contribution in [2.45, 2.75) is 187 Å². The summed E-state index contributed by atoms with van der Waals surface area (Å²) in [6, 6.07) is 0. The van der Waals surface area contributed by atoms with Gasteiger partial charge in [-0.05, 0) is 64.2 Å². The summed E-state index contributed by atoms with van der Waals surface area (Å²) >= 11 is 0. The molecule has 0 radical (unpaired) electrons. The number of carbonyl (C=O) groups excluding carboxylic acids is 2. The predicted molar refractivity (Wildman–Crippen MR) is 189 cm³/mol. The van der Waals surface area contributed by atoms with E-state index in [0.29, 0.717) is 12.8 Å². The van der Waals surface area contributed by atoms with Crippen molar-refractivity contribution in [3.05, 3.63) is 24.3 Å². The highest BCUT2D eigenvalue weighted by Crippen LogP contribution is 2.36. The van der Waals surface area contributed by atoms with Gasteiger partial charge in [-0.1, -0.05) is 128 Å². The molecular weight excluding hydrogens is 603 g/mol.